The van der Waals surface area contributed by atoms with Crippen molar-refractivity contribution in [2.75, 3.05) is 5.32 Å². The number of nitriles is 2. The first kappa shape index (κ1) is 10.0. The van der Waals surface area contributed by atoms with Crippen LogP contribution in [-0.4, -0.2) is 11.0 Å². The van der Waals surface area contributed by atoms with Crippen LogP contribution in [0.5, 0.6) is 0 Å². The lowest BCUT2D eigenvalue weighted by molar-refractivity contribution is 0.820. The summed E-state index contributed by atoms with van der Waals surface area (Å²) >= 11 is 0. The van der Waals surface area contributed by atoms with Gasteiger partial charge in [0.2, 0.25) is 0 Å². The fourth-order valence-electron chi connectivity index (χ4n) is 1.02. The minimum atomic E-state index is 0.0923. The standard InChI is InChI=1S/C10H10N4/c1-8(4-5-11)14-10-3-2-9(6-12)13-7-10/h2-3,7-8,14H,4H2,1H3. The molecule has 0 aliphatic rings. The first-order valence-corrected chi connectivity index (χ1v) is 4.26. The molecule has 0 saturated carbocycles. The van der Waals surface area contributed by atoms with E-state index in [1.807, 2.05) is 13.0 Å². The summed E-state index contributed by atoms with van der Waals surface area (Å²) in [6.07, 6.45) is 2.03. The van der Waals surface area contributed by atoms with E-state index in [4.69, 9.17) is 10.5 Å². The highest BCUT2D eigenvalue weighted by Crippen LogP contribution is 2.08. The van der Waals surface area contributed by atoms with Gasteiger partial charge < -0.3 is 5.32 Å². The van der Waals surface area contributed by atoms with Crippen LogP contribution in [0, 0.1) is 22.7 Å². The van der Waals surface area contributed by atoms with E-state index in [0.717, 1.165) is 5.69 Å². The summed E-state index contributed by atoms with van der Waals surface area (Å²) in [5, 5.41) is 20.1. The Labute approximate surface area is 82.8 Å². The van der Waals surface area contributed by atoms with Crippen molar-refractivity contribution in [1.29, 1.82) is 10.5 Å². The molecular weight excluding hydrogens is 176 g/mol. The van der Waals surface area contributed by atoms with Crippen LogP contribution in [0.3, 0.4) is 0 Å². The van der Waals surface area contributed by atoms with Crippen molar-refractivity contribution in [2.45, 2.75) is 19.4 Å². The van der Waals surface area contributed by atoms with Crippen molar-refractivity contribution in [3.63, 3.8) is 0 Å². The number of nitrogens with zero attached hydrogens (tertiary/aromatic N) is 3. The minimum absolute atomic E-state index is 0.0923. The summed E-state index contributed by atoms with van der Waals surface area (Å²) in [6.45, 7) is 1.92. The fraction of sp³-hybridized carbons (Fsp3) is 0.300. The van der Waals surface area contributed by atoms with Crippen LogP contribution in [0.2, 0.25) is 0 Å². The summed E-state index contributed by atoms with van der Waals surface area (Å²) in [4.78, 5) is 3.90. The average molecular weight is 186 g/mol. The normalized spacial score (nSPS) is 11.1. The molecule has 1 aromatic heterocycles. The molecule has 0 fully saturated rings. The summed E-state index contributed by atoms with van der Waals surface area (Å²) in [7, 11) is 0. The third-order valence-electron chi connectivity index (χ3n) is 1.69. The summed E-state index contributed by atoms with van der Waals surface area (Å²) < 4.78 is 0. The Kier molecular flexibility index (Phi) is 3.46. The molecule has 0 amide bonds. The van der Waals surface area contributed by atoms with Crippen molar-refractivity contribution < 1.29 is 0 Å². The van der Waals surface area contributed by atoms with Gasteiger partial charge in [0.15, 0.2) is 0 Å². The maximum absolute atomic E-state index is 8.52. The zero-order valence-electron chi connectivity index (χ0n) is 7.86. The van der Waals surface area contributed by atoms with Gasteiger partial charge in [-0.05, 0) is 19.1 Å². The lowest BCUT2D eigenvalue weighted by Crippen LogP contribution is -2.14. The number of hydrogen-bond acceptors (Lipinski definition) is 4. The third kappa shape index (κ3) is 2.76. The molecule has 4 heteroatoms. The Balaban J connectivity index is 2.61. The number of pyridine rings is 1. The lowest BCUT2D eigenvalue weighted by Gasteiger charge is -2.10. The van der Waals surface area contributed by atoms with Gasteiger partial charge >= 0.3 is 0 Å². The van der Waals surface area contributed by atoms with Gasteiger partial charge in [0.25, 0.3) is 0 Å². The maximum atomic E-state index is 8.52. The summed E-state index contributed by atoms with van der Waals surface area (Å²) in [6, 6.07) is 7.53. The first-order valence-electron chi connectivity index (χ1n) is 4.26. The molecule has 0 aliphatic heterocycles. The molecule has 0 aliphatic carbocycles. The van der Waals surface area contributed by atoms with Gasteiger partial charge in [-0.15, -0.1) is 0 Å². The van der Waals surface area contributed by atoms with Crippen LogP contribution < -0.4 is 5.32 Å². The Morgan fingerprint density at radius 1 is 1.50 bits per heavy atom. The number of hydrogen-bond donors (Lipinski definition) is 1. The molecule has 0 bridgehead atoms. The van der Waals surface area contributed by atoms with Crippen molar-refractivity contribution in [2.24, 2.45) is 0 Å². The van der Waals surface area contributed by atoms with E-state index < -0.39 is 0 Å². The van der Waals surface area contributed by atoms with Gasteiger partial charge in [-0.1, -0.05) is 0 Å². The molecule has 1 aromatic rings. The molecule has 0 radical (unpaired) electrons. The van der Waals surface area contributed by atoms with Crippen molar-refractivity contribution >= 4 is 5.69 Å². The number of rotatable bonds is 3. The second-order valence-corrected chi connectivity index (χ2v) is 2.95. The van der Waals surface area contributed by atoms with Crippen LogP contribution in [0.4, 0.5) is 5.69 Å². The number of anilines is 1. The van der Waals surface area contributed by atoms with E-state index >= 15 is 0 Å². The molecule has 70 valence electrons. The number of nitrogens with one attached hydrogen (secondary N) is 1. The average Bonchev–Trinajstić information content (AvgIpc) is 2.19. The van der Waals surface area contributed by atoms with Crippen LogP contribution >= 0.6 is 0 Å². The summed E-state index contributed by atoms with van der Waals surface area (Å²) in [5.41, 5.74) is 1.22. The molecule has 1 atom stereocenters. The van der Waals surface area contributed by atoms with E-state index in [0.29, 0.717) is 12.1 Å². The van der Waals surface area contributed by atoms with Gasteiger partial charge in [-0.3, -0.25) is 0 Å². The van der Waals surface area contributed by atoms with E-state index in [2.05, 4.69) is 16.4 Å². The SMILES string of the molecule is CC(CC#N)Nc1ccc(C#N)nc1. The molecule has 0 spiro atoms. The second-order valence-electron chi connectivity index (χ2n) is 2.95. The zero-order chi connectivity index (χ0) is 10.4. The van der Waals surface area contributed by atoms with Crippen LogP contribution in [0.1, 0.15) is 19.0 Å². The molecule has 1 rings (SSSR count). The quantitative estimate of drug-likeness (QED) is 0.779. The highest BCUT2D eigenvalue weighted by atomic mass is 14.9. The summed E-state index contributed by atoms with van der Waals surface area (Å²) in [5.74, 6) is 0. The molecule has 0 aromatic carbocycles. The Morgan fingerprint density at radius 2 is 2.29 bits per heavy atom. The topological polar surface area (TPSA) is 72.5 Å². The van der Waals surface area contributed by atoms with Gasteiger partial charge in [0.05, 0.1) is 24.4 Å². The Hall–Kier alpha value is -2.07. The van der Waals surface area contributed by atoms with E-state index in [1.54, 1.807) is 18.3 Å². The van der Waals surface area contributed by atoms with Gasteiger partial charge in [0, 0.05) is 6.04 Å². The van der Waals surface area contributed by atoms with Gasteiger partial charge in [-0.25, -0.2) is 4.98 Å². The maximum Gasteiger partial charge on any atom is 0.140 e. The highest BCUT2D eigenvalue weighted by Gasteiger charge is 2.00. The van der Waals surface area contributed by atoms with Crippen molar-refractivity contribution in [3.05, 3.63) is 24.0 Å². The fourth-order valence-corrected chi connectivity index (χ4v) is 1.02. The predicted octanol–water partition coefficient (Wildman–Crippen LogP) is 1.67. The molecule has 4 nitrogen and oxygen atoms in total. The Bertz CT molecular complexity index is 369. The Morgan fingerprint density at radius 3 is 2.79 bits per heavy atom. The third-order valence-corrected chi connectivity index (χ3v) is 1.69. The highest BCUT2D eigenvalue weighted by molar-refractivity contribution is 5.43. The molecule has 1 N–H and O–H groups in total. The lowest BCUT2D eigenvalue weighted by atomic mass is 10.2. The minimum Gasteiger partial charge on any atom is -0.380 e. The van der Waals surface area contributed by atoms with Crippen molar-refractivity contribution in [1.82, 2.24) is 4.98 Å². The molecule has 1 unspecified atom stereocenters. The molecule has 1 heterocycles. The first-order chi connectivity index (χ1) is 6.76. The molecular formula is C10H10N4. The number of aromatic nitrogens is 1. The van der Waals surface area contributed by atoms with Gasteiger partial charge in [-0.2, -0.15) is 10.5 Å². The van der Waals surface area contributed by atoms with Crippen molar-refractivity contribution in [3.8, 4) is 12.1 Å². The van der Waals surface area contributed by atoms with E-state index in [9.17, 15) is 0 Å². The largest absolute Gasteiger partial charge is 0.380 e. The molecule has 0 saturated heterocycles. The molecule has 14 heavy (non-hydrogen) atoms. The predicted molar refractivity (Wildman–Crippen MR) is 52.3 cm³/mol. The second kappa shape index (κ2) is 4.84. The smallest absolute Gasteiger partial charge is 0.140 e. The van der Waals surface area contributed by atoms with Crippen LogP contribution in [0.15, 0.2) is 18.3 Å². The van der Waals surface area contributed by atoms with E-state index in [-0.39, 0.29) is 6.04 Å². The van der Waals surface area contributed by atoms with Crippen LogP contribution in [0.25, 0.3) is 0 Å². The van der Waals surface area contributed by atoms with E-state index in [1.165, 1.54) is 0 Å². The van der Waals surface area contributed by atoms with Crippen LogP contribution in [-0.2, 0) is 0 Å². The van der Waals surface area contributed by atoms with Gasteiger partial charge in [0.1, 0.15) is 11.8 Å². The zero-order valence-corrected chi connectivity index (χ0v) is 7.86. The monoisotopic (exact) mass is 186 g/mol.